The highest BCUT2D eigenvalue weighted by molar-refractivity contribution is 7.99. The first-order valence-corrected chi connectivity index (χ1v) is 7.91. The van der Waals surface area contributed by atoms with Gasteiger partial charge in [-0.05, 0) is 37.9 Å². The van der Waals surface area contributed by atoms with Crippen molar-refractivity contribution in [3.05, 3.63) is 23.7 Å². The van der Waals surface area contributed by atoms with Gasteiger partial charge in [0.15, 0.2) is 0 Å². The molecular formula is C14H23NO2S. The number of hydrogen-bond donors (Lipinski definition) is 1. The predicted molar refractivity (Wildman–Crippen MR) is 75.8 cm³/mol. The number of ether oxygens (including phenoxy) is 1. The van der Waals surface area contributed by atoms with Crippen LogP contribution in [0.1, 0.15) is 37.7 Å². The molecule has 1 fully saturated rings. The molecule has 102 valence electrons. The van der Waals surface area contributed by atoms with E-state index < -0.39 is 0 Å². The maximum absolute atomic E-state index is 5.81. The summed E-state index contributed by atoms with van der Waals surface area (Å²) >= 11 is 2.00. The molecule has 2 rings (SSSR count). The molecule has 0 unspecified atom stereocenters. The summed E-state index contributed by atoms with van der Waals surface area (Å²) in [4.78, 5) is 0. The zero-order valence-electron chi connectivity index (χ0n) is 11.1. The Morgan fingerprint density at radius 1 is 1.28 bits per heavy atom. The van der Waals surface area contributed by atoms with Crippen LogP contribution in [0.5, 0.6) is 0 Å². The molecule has 0 radical (unpaired) electrons. The molecule has 0 amide bonds. The fraction of sp³-hybridized carbons (Fsp3) is 0.714. The van der Waals surface area contributed by atoms with Gasteiger partial charge in [-0.15, -0.1) is 0 Å². The normalized spacial score (nSPS) is 17.2. The van der Waals surface area contributed by atoms with Crippen molar-refractivity contribution in [3.8, 4) is 0 Å². The minimum atomic E-state index is 0.741. The molecule has 0 aliphatic carbocycles. The Labute approximate surface area is 114 Å². The van der Waals surface area contributed by atoms with Gasteiger partial charge in [0.2, 0.25) is 0 Å². The number of thioether (sulfide) groups is 1. The Balaban J connectivity index is 1.69. The third kappa shape index (κ3) is 4.67. The SMILES string of the molecule is CCCNCc1ccc(CSC2CCOCC2)o1. The van der Waals surface area contributed by atoms with E-state index in [1.807, 2.05) is 11.8 Å². The van der Waals surface area contributed by atoms with Crippen LogP contribution in [0, 0.1) is 0 Å². The summed E-state index contributed by atoms with van der Waals surface area (Å²) in [6.45, 7) is 5.90. The lowest BCUT2D eigenvalue weighted by Gasteiger charge is -2.20. The van der Waals surface area contributed by atoms with E-state index in [0.29, 0.717) is 0 Å². The average molecular weight is 269 g/mol. The molecule has 18 heavy (non-hydrogen) atoms. The Morgan fingerprint density at radius 3 is 2.83 bits per heavy atom. The molecule has 1 aliphatic rings. The minimum absolute atomic E-state index is 0.741. The molecule has 0 atom stereocenters. The molecule has 4 heteroatoms. The van der Waals surface area contributed by atoms with Gasteiger partial charge in [0.05, 0.1) is 12.3 Å². The van der Waals surface area contributed by atoms with Crippen molar-refractivity contribution in [2.24, 2.45) is 0 Å². The van der Waals surface area contributed by atoms with E-state index >= 15 is 0 Å². The summed E-state index contributed by atoms with van der Waals surface area (Å²) in [6.07, 6.45) is 3.51. The van der Waals surface area contributed by atoms with Crippen LogP contribution in [-0.2, 0) is 17.0 Å². The summed E-state index contributed by atoms with van der Waals surface area (Å²) in [6, 6.07) is 4.19. The van der Waals surface area contributed by atoms with Crippen molar-refractivity contribution in [2.45, 2.75) is 43.7 Å². The van der Waals surface area contributed by atoms with Crippen LogP contribution in [0.3, 0.4) is 0 Å². The van der Waals surface area contributed by atoms with Crippen LogP contribution >= 0.6 is 11.8 Å². The fourth-order valence-corrected chi connectivity index (χ4v) is 3.11. The highest BCUT2D eigenvalue weighted by Crippen LogP contribution is 2.26. The molecule has 1 aromatic rings. The summed E-state index contributed by atoms with van der Waals surface area (Å²) in [7, 11) is 0. The van der Waals surface area contributed by atoms with Gasteiger partial charge in [0, 0.05) is 18.5 Å². The topological polar surface area (TPSA) is 34.4 Å². The van der Waals surface area contributed by atoms with E-state index in [1.165, 1.54) is 12.8 Å². The molecule has 0 spiro atoms. The van der Waals surface area contributed by atoms with Gasteiger partial charge in [0.25, 0.3) is 0 Å². The van der Waals surface area contributed by atoms with Crippen LogP contribution in [0.15, 0.2) is 16.5 Å². The van der Waals surface area contributed by atoms with Crippen molar-refractivity contribution in [1.82, 2.24) is 5.32 Å². The second kappa shape index (κ2) is 7.87. The monoisotopic (exact) mass is 269 g/mol. The zero-order valence-corrected chi connectivity index (χ0v) is 11.9. The van der Waals surface area contributed by atoms with Crippen molar-refractivity contribution >= 4 is 11.8 Å². The Kier molecular flexibility index (Phi) is 6.11. The van der Waals surface area contributed by atoms with E-state index in [0.717, 1.165) is 55.2 Å². The Morgan fingerprint density at radius 2 is 2.06 bits per heavy atom. The van der Waals surface area contributed by atoms with Gasteiger partial charge in [-0.1, -0.05) is 6.92 Å². The third-order valence-electron chi connectivity index (χ3n) is 3.07. The third-order valence-corrected chi connectivity index (χ3v) is 4.47. The largest absolute Gasteiger partial charge is 0.464 e. The summed E-state index contributed by atoms with van der Waals surface area (Å²) < 4.78 is 11.2. The second-order valence-electron chi connectivity index (χ2n) is 4.67. The Hall–Kier alpha value is -0.450. The van der Waals surface area contributed by atoms with Gasteiger partial charge in [-0.3, -0.25) is 0 Å². The van der Waals surface area contributed by atoms with E-state index in [-0.39, 0.29) is 0 Å². The lowest BCUT2D eigenvalue weighted by molar-refractivity contribution is 0.1000. The molecular weight excluding hydrogens is 246 g/mol. The highest BCUT2D eigenvalue weighted by Gasteiger charge is 2.14. The first-order valence-electron chi connectivity index (χ1n) is 6.86. The summed E-state index contributed by atoms with van der Waals surface area (Å²) in [5, 5.41) is 4.09. The molecule has 1 saturated heterocycles. The molecule has 0 aromatic carbocycles. The van der Waals surface area contributed by atoms with Gasteiger partial charge >= 0.3 is 0 Å². The van der Waals surface area contributed by atoms with Crippen molar-refractivity contribution in [3.63, 3.8) is 0 Å². The second-order valence-corrected chi connectivity index (χ2v) is 5.96. The van der Waals surface area contributed by atoms with E-state index in [9.17, 15) is 0 Å². The molecule has 1 aliphatic heterocycles. The molecule has 3 nitrogen and oxygen atoms in total. The number of nitrogens with one attached hydrogen (secondary N) is 1. The molecule has 0 bridgehead atoms. The maximum Gasteiger partial charge on any atom is 0.117 e. The predicted octanol–water partition coefficient (Wildman–Crippen LogP) is 3.19. The van der Waals surface area contributed by atoms with Gasteiger partial charge in [-0.25, -0.2) is 0 Å². The number of furan rings is 1. The highest BCUT2D eigenvalue weighted by atomic mass is 32.2. The smallest absolute Gasteiger partial charge is 0.117 e. The lowest BCUT2D eigenvalue weighted by Crippen LogP contribution is -2.17. The quantitative estimate of drug-likeness (QED) is 0.771. The first-order chi connectivity index (χ1) is 8.88. The number of hydrogen-bond acceptors (Lipinski definition) is 4. The van der Waals surface area contributed by atoms with Crippen molar-refractivity contribution < 1.29 is 9.15 Å². The first kappa shape index (κ1) is 14.0. The van der Waals surface area contributed by atoms with E-state index in [2.05, 4.69) is 24.4 Å². The molecule has 2 heterocycles. The summed E-state index contributed by atoms with van der Waals surface area (Å²) in [5.41, 5.74) is 0. The number of rotatable bonds is 7. The fourth-order valence-electron chi connectivity index (χ4n) is 2.03. The van der Waals surface area contributed by atoms with Gasteiger partial charge < -0.3 is 14.5 Å². The summed E-state index contributed by atoms with van der Waals surface area (Å²) in [5.74, 6) is 3.13. The Bertz CT molecular complexity index is 334. The molecule has 1 N–H and O–H groups in total. The zero-order chi connectivity index (χ0) is 12.6. The standard InChI is InChI=1S/C14H23NO2S/c1-2-7-15-10-12-3-4-13(17-12)11-18-14-5-8-16-9-6-14/h3-4,14-15H,2,5-11H2,1H3. The van der Waals surface area contributed by atoms with Crippen LogP contribution in [0.2, 0.25) is 0 Å². The van der Waals surface area contributed by atoms with Crippen molar-refractivity contribution in [1.29, 1.82) is 0 Å². The van der Waals surface area contributed by atoms with E-state index in [4.69, 9.17) is 9.15 Å². The van der Waals surface area contributed by atoms with Crippen molar-refractivity contribution in [2.75, 3.05) is 19.8 Å². The van der Waals surface area contributed by atoms with Crippen LogP contribution in [0.25, 0.3) is 0 Å². The van der Waals surface area contributed by atoms with Crippen LogP contribution < -0.4 is 5.32 Å². The van der Waals surface area contributed by atoms with Gasteiger partial charge in [-0.2, -0.15) is 11.8 Å². The van der Waals surface area contributed by atoms with Crippen LogP contribution in [-0.4, -0.2) is 25.0 Å². The van der Waals surface area contributed by atoms with E-state index in [1.54, 1.807) is 0 Å². The molecule has 1 aromatic heterocycles. The average Bonchev–Trinajstić information content (AvgIpc) is 2.86. The van der Waals surface area contributed by atoms with Gasteiger partial charge in [0.1, 0.15) is 11.5 Å². The minimum Gasteiger partial charge on any atom is -0.464 e. The lowest BCUT2D eigenvalue weighted by atomic mass is 10.2. The molecule has 0 saturated carbocycles. The maximum atomic E-state index is 5.81. The van der Waals surface area contributed by atoms with Crippen LogP contribution in [0.4, 0.5) is 0 Å².